The molecule has 202 valence electrons. The molecular formula is C31H50N2O3. The van der Waals surface area contributed by atoms with Crippen molar-refractivity contribution in [2.45, 2.75) is 71.9 Å². The van der Waals surface area contributed by atoms with E-state index in [0.717, 1.165) is 49.5 Å². The third kappa shape index (κ3) is 19.7. The van der Waals surface area contributed by atoms with Gasteiger partial charge in [0.05, 0.1) is 13.2 Å². The Morgan fingerprint density at radius 2 is 1.75 bits per heavy atom. The Bertz CT molecular complexity index is 788. The number of amides is 1. The monoisotopic (exact) mass is 498 g/mol. The third-order valence-corrected chi connectivity index (χ3v) is 5.00. The molecule has 2 rings (SSSR count). The molecule has 5 heteroatoms. The van der Waals surface area contributed by atoms with Crippen molar-refractivity contribution in [3.05, 3.63) is 78.9 Å². The van der Waals surface area contributed by atoms with Gasteiger partial charge in [0.25, 0.3) is 0 Å². The lowest BCUT2D eigenvalue weighted by Crippen LogP contribution is -2.22. The largest absolute Gasteiger partial charge is 0.496 e. The van der Waals surface area contributed by atoms with E-state index in [0.29, 0.717) is 25.1 Å². The number of ether oxygens (including phenoxy) is 2. The van der Waals surface area contributed by atoms with Crippen LogP contribution in [0.25, 0.3) is 0 Å². The van der Waals surface area contributed by atoms with Crippen molar-refractivity contribution in [1.29, 1.82) is 0 Å². The van der Waals surface area contributed by atoms with Crippen LogP contribution in [-0.2, 0) is 16.0 Å². The number of hydrogen-bond acceptors (Lipinski definition) is 4. The van der Waals surface area contributed by atoms with Gasteiger partial charge in [0, 0.05) is 32.7 Å². The SMILES string of the molecule is C=CCNC(=O)CCC/C=C\Cc1ccccccccc1OC.CC(C)C.COC1CNC(C)C1. The maximum Gasteiger partial charge on any atom is 0.220 e. The van der Waals surface area contributed by atoms with Crippen molar-refractivity contribution in [2.75, 3.05) is 27.3 Å². The molecule has 0 bridgehead atoms. The van der Waals surface area contributed by atoms with E-state index < -0.39 is 0 Å². The van der Waals surface area contributed by atoms with Gasteiger partial charge in [-0.2, -0.15) is 0 Å². The molecule has 1 fully saturated rings. The van der Waals surface area contributed by atoms with Crippen LogP contribution in [0.1, 0.15) is 58.9 Å². The Morgan fingerprint density at radius 1 is 1.11 bits per heavy atom. The zero-order valence-electron chi connectivity index (χ0n) is 23.5. The minimum Gasteiger partial charge on any atom is -0.496 e. The second-order valence-electron chi connectivity index (χ2n) is 9.38. The van der Waals surface area contributed by atoms with Crippen LogP contribution < -0.4 is 15.4 Å². The van der Waals surface area contributed by atoms with E-state index in [-0.39, 0.29) is 5.91 Å². The van der Waals surface area contributed by atoms with Crippen LogP contribution in [0.4, 0.5) is 0 Å². The first-order chi connectivity index (χ1) is 17.3. The Morgan fingerprint density at radius 3 is 2.28 bits per heavy atom. The number of carbonyl (C=O) groups is 1. The predicted octanol–water partition coefficient (Wildman–Crippen LogP) is 6.44. The molecule has 36 heavy (non-hydrogen) atoms. The van der Waals surface area contributed by atoms with E-state index in [4.69, 9.17) is 9.47 Å². The number of unbranched alkanes of at least 4 members (excludes halogenated alkanes) is 1. The smallest absolute Gasteiger partial charge is 0.220 e. The molecule has 1 aliphatic heterocycles. The molecule has 0 aromatic heterocycles. The average molecular weight is 499 g/mol. The highest BCUT2D eigenvalue weighted by Gasteiger charge is 2.18. The maximum absolute atomic E-state index is 11.5. The van der Waals surface area contributed by atoms with Crippen molar-refractivity contribution in [2.24, 2.45) is 5.92 Å². The molecule has 1 aromatic rings. The summed E-state index contributed by atoms with van der Waals surface area (Å²) in [5.41, 5.74) is 1.12. The van der Waals surface area contributed by atoms with Crippen molar-refractivity contribution in [1.82, 2.24) is 10.6 Å². The lowest BCUT2D eigenvalue weighted by molar-refractivity contribution is -0.120. The minimum absolute atomic E-state index is 0.0768. The quantitative estimate of drug-likeness (QED) is 0.288. The van der Waals surface area contributed by atoms with Crippen LogP contribution in [0, 0.1) is 5.92 Å². The first-order valence-electron chi connectivity index (χ1n) is 13.1. The van der Waals surface area contributed by atoms with Gasteiger partial charge >= 0.3 is 0 Å². The Hall–Kier alpha value is -2.63. The Balaban J connectivity index is 0.000000833. The summed E-state index contributed by atoms with van der Waals surface area (Å²) in [4.78, 5) is 11.5. The van der Waals surface area contributed by atoms with Crippen LogP contribution in [0.3, 0.4) is 0 Å². The molecule has 1 amide bonds. The number of rotatable bonds is 10. The number of allylic oxidation sites excluding steroid dienone is 2. The molecule has 2 unspecified atom stereocenters. The second kappa shape index (κ2) is 22.8. The van der Waals surface area contributed by atoms with Gasteiger partial charge in [0.1, 0.15) is 5.75 Å². The molecule has 5 nitrogen and oxygen atoms in total. The van der Waals surface area contributed by atoms with E-state index in [1.54, 1.807) is 20.3 Å². The highest BCUT2D eigenvalue weighted by molar-refractivity contribution is 5.75. The molecular weight excluding hydrogens is 448 g/mol. The summed E-state index contributed by atoms with van der Waals surface area (Å²) in [6, 6.07) is 16.6. The standard InChI is InChI=1S/C21H27NO2.C6H13NO.C4H10/c1-3-18-22-21(23)17-13-9-8-11-15-19-14-10-6-4-5-7-12-16-20(19)24-2;1-5-3-6(8-2)4-7-5;1-4(2)3/h3-8,10-12,14,16H,1,9,13,15,17-18H2,2H3,(H,22,23);5-7H,3-4H2,1-2H3;4H,1-3H3/b5-4?,6-4?,7-5?,10-6?,11-8-,12-7?,14-10?,16-12?,19-14?,20-16?,20-19?;;. The molecule has 0 spiro atoms. The van der Waals surface area contributed by atoms with Crippen molar-refractivity contribution >= 4 is 5.91 Å². The molecule has 0 aliphatic carbocycles. The summed E-state index contributed by atoms with van der Waals surface area (Å²) in [5, 5.41) is 6.07. The minimum atomic E-state index is 0.0768. The van der Waals surface area contributed by atoms with Crippen LogP contribution in [0.15, 0.2) is 73.3 Å². The van der Waals surface area contributed by atoms with Gasteiger partial charge in [0.15, 0.2) is 0 Å². The lowest BCUT2D eigenvalue weighted by atomic mass is 10.1. The average Bonchev–Trinajstić information content (AvgIpc) is 3.28. The first-order valence-corrected chi connectivity index (χ1v) is 13.1. The first kappa shape index (κ1) is 33.4. The second-order valence-corrected chi connectivity index (χ2v) is 9.38. The molecule has 1 saturated heterocycles. The number of nitrogens with one attached hydrogen (secondary N) is 2. The lowest BCUT2D eigenvalue weighted by Gasteiger charge is -2.03. The highest BCUT2D eigenvalue weighted by atomic mass is 16.5. The van der Waals surface area contributed by atoms with Crippen LogP contribution in [0.5, 0.6) is 5.75 Å². The van der Waals surface area contributed by atoms with E-state index in [1.807, 2.05) is 42.5 Å². The van der Waals surface area contributed by atoms with Crippen LogP contribution in [-0.4, -0.2) is 45.4 Å². The van der Waals surface area contributed by atoms with Crippen LogP contribution >= 0.6 is 0 Å². The van der Waals surface area contributed by atoms with E-state index in [2.05, 4.69) is 63.1 Å². The van der Waals surface area contributed by atoms with Gasteiger partial charge in [0.2, 0.25) is 5.91 Å². The summed E-state index contributed by atoms with van der Waals surface area (Å²) >= 11 is 0. The summed E-state index contributed by atoms with van der Waals surface area (Å²) in [6.45, 7) is 13.8. The number of methoxy groups -OCH3 is 2. The van der Waals surface area contributed by atoms with Crippen molar-refractivity contribution in [3.63, 3.8) is 0 Å². The highest BCUT2D eigenvalue weighted by Crippen LogP contribution is 2.16. The summed E-state index contributed by atoms with van der Waals surface area (Å²) in [7, 11) is 3.45. The molecule has 1 aliphatic rings. The normalized spacial score (nSPS) is 16.2. The third-order valence-electron chi connectivity index (χ3n) is 5.00. The van der Waals surface area contributed by atoms with Gasteiger partial charge in [-0.15, -0.1) is 6.58 Å². The van der Waals surface area contributed by atoms with Gasteiger partial charge in [-0.1, -0.05) is 81.5 Å². The van der Waals surface area contributed by atoms with Gasteiger partial charge in [-0.05, 0) is 50.2 Å². The Kier molecular flexibility index (Phi) is 21.1. The fraction of sp³-hybridized carbons (Fsp3) is 0.516. The zero-order valence-corrected chi connectivity index (χ0v) is 23.5. The number of hydrogen-bond donors (Lipinski definition) is 2. The van der Waals surface area contributed by atoms with Crippen molar-refractivity contribution in [3.8, 4) is 5.75 Å². The molecule has 0 radical (unpaired) electrons. The van der Waals surface area contributed by atoms with Gasteiger partial charge in [-0.25, -0.2) is 0 Å². The Labute approximate surface area is 220 Å². The number of carbonyl (C=O) groups excluding carboxylic acids is 1. The molecule has 1 aromatic carbocycles. The summed E-state index contributed by atoms with van der Waals surface area (Å²) in [5.74, 6) is 1.77. The van der Waals surface area contributed by atoms with E-state index in [1.165, 1.54) is 0 Å². The molecule has 2 N–H and O–H groups in total. The maximum atomic E-state index is 11.5. The van der Waals surface area contributed by atoms with E-state index >= 15 is 0 Å². The predicted molar refractivity (Wildman–Crippen MR) is 154 cm³/mol. The molecule has 1 heterocycles. The van der Waals surface area contributed by atoms with Gasteiger partial charge in [-0.3, -0.25) is 4.79 Å². The fourth-order valence-corrected chi connectivity index (χ4v) is 3.18. The van der Waals surface area contributed by atoms with Gasteiger partial charge < -0.3 is 20.1 Å². The molecule has 2 atom stereocenters. The van der Waals surface area contributed by atoms with E-state index in [9.17, 15) is 4.79 Å². The summed E-state index contributed by atoms with van der Waals surface area (Å²) in [6.07, 6.45) is 10.6. The van der Waals surface area contributed by atoms with Crippen molar-refractivity contribution < 1.29 is 14.3 Å². The zero-order chi connectivity index (χ0) is 27.0. The molecule has 0 saturated carbocycles. The summed E-state index contributed by atoms with van der Waals surface area (Å²) < 4.78 is 10.6. The van der Waals surface area contributed by atoms with Crippen LogP contribution in [0.2, 0.25) is 0 Å². The fourth-order valence-electron chi connectivity index (χ4n) is 3.18. The topological polar surface area (TPSA) is 59.6 Å².